The van der Waals surface area contributed by atoms with Gasteiger partial charge in [0.05, 0.1) is 17.5 Å². The Morgan fingerprint density at radius 1 is 1.29 bits per heavy atom. The van der Waals surface area contributed by atoms with Crippen molar-refractivity contribution in [2.24, 2.45) is 5.92 Å². The summed E-state index contributed by atoms with van der Waals surface area (Å²) in [4.78, 5) is 2.51. The zero-order valence-corrected chi connectivity index (χ0v) is 14.9. The molecule has 21 heavy (non-hydrogen) atoms. The van der Waals surface area contributed by atoms with Gasteiger partial charge in [0, 0.05) is 24.2 Å². The Kier molecular flexibility index (Phi) is 5.94. The molecule has 0 spiro atoms. The molecule has 0 radical (unpaired) electrons. The van der Waals surface area contributed by atoms with Gasteiger partial charge in [-0.25, -0.2) is 0 Å². The minimum Gasteiger partial charge on any atom is -0.397 e. The summed E-state index contributed by atoms with van der Waals surface area (Å²) in [5.74, 6) is 0.619. The van der Waals surface area contributed by atoms with Crippen molar-refractivity contribution < 1.29 is 4.74 Å². The Labute approximate surface area is 137 Å². The molecule has 0 unspecified atom stereocenters. The van der Waals surface area contributed by atoms with Crippen LogP contribution in [0.25, 0.3) is 0 Å². The molecule has 1 aliphatic rings. The average molecular weight is 355 g/mol. The molecular formula is C17H27BrN2O. The lowest BCUT2D eigenvalue weighted by Gasteiger charge is -2.39. The van der Waals surface area contributed by atoms with Crippen molar-refractivity contribution in [3.8, 4) is 0 Å². The number of benzene rings is 1. The summed E-state index contributed by atoms with van der Waals surface area (Å²) in [6.07, 6.45) is 5.09. The average Bonchev–Trinajstić information content (AvgIpc) is 2.45. The van der Waals surface area contributed by atoms with Crippen molar-refractivity contribution in [1.82, 2.24) is 0 Å². The molecule has 1 aromatic carbocycles. The van der Waals surface area contributed by atoms with Crippen LogP contribution in [0.2, 0.25) is 0 Å². The smallest absolute Gasteiger partial charge is 0.0603 e. The summed E-state index contributed by atoms with van der Waals surface area (Å²) in [7, 11) is 1.82. The molecule has 2 rings (SSSR count). The number of rotatable bonds is 5. The summed E-state index contributed by atoms with van der Waals surface area (Å²) >= 11 is 3.49. The third kappa shape index (κ3) is 4.36. The zero-order chi connectivity index (χ0) is 15.4. The van der Waals surface area contributed by atoms with Gasteiger partial charge in [0.2, 0.25) is 0 Å². The Balaban J connectivity index is 2.18. The highest BCUT2D eigenvalue weighted by atomic mass is 79.9. The predicted octanol–water partition coefficient (Wildman–Crippen LogP) is 4.45. The van der Waals surface area contributed by atoms with E-state index in [9.17, 15) is 0 Å². The quantitative estimate of drug-likeness (QED) is 0.793. The lowest BCUT2D eigenvalue weighted by Crippen LogP contribution is -2.41. The molecule has 0 saturated heterocycles. The highest BCUT2D eigenvalue weighted by molar-refractivity contribution is 9.10. The fourth-order valence-corrected chi connectivity index (χ4v) is 3.60. The van der Waals surface area contributed by atoms with Crippen molar-refractivity contribution in [2.75, 3.05) is 24.3 Å². The Hall–Kier alpha value is -0.740. The number of methoxy groups -OCH3 is 1. The second-order valence-corrected chi connectivity index (χ2v) is 7.33. The Morgan fingerprint density at radius 3 is 2.48 bits per heavy atom. The van der Waals surface area contributed by atoms with E-state index in [1.807, 2.05) is 13.2 Å². The van der Waals surface area contributed by atoms with E-state index in [4.69, 9.17) is 10.5 Å². The number of ether oxygens (including phenoxy) is 1. The van der Waals surface area contributed by atoms with Gasteiger partial charge in [-0.1, -0.05) is 29.8 Å². The van der Waals surface area contributed by atoms with E-state index in [0.717, 1.165) is 29.5 Å². The first-order chi connectivity index (χ1) is 10.0. The topological polar surface area (TPSA) is 38.5 Å². The number of hydrogen-bond acceptors (Lipinski definition) is 3. The first-order valence-electron chi connectivity index (χ1n) is 7.85. The van der Waals surface area contributed by atoms with Crippen molar-refractivity contribution in [2.45, 2.75) is 51.7 Å². The van der Waals surface area contributed by atoms with Gasteiger partial charge in [-0.05, 0) is 49.8 Å². The molecule has 2 N–H and O–H groups in total. The maximum atomic E-state index is 6.26. The Bertz CT molecular complexity index is 456. The van der Waals surface area contributed by atoms with Crippen LogP contribution in [-0.2, 0) is 4.74 Å². The van der Waals surface area contributed by atoms with Crippen molar-refractivity contribution in [3.63, 3.8) is 0 Å². The molecule has 0 aromatic heterocycles. The van der Waals surface area contributed by atoms with E-state index < -0.39 is 0 Å². The van der Waals surface area contributed by atoms with Crippen molar-refractivity contribution >= 4 is 27.3 Å². The number of nitrogens with zero attached hydrogens (tertiary/aromatic N) is 1. The second-order valence-electron chi connectivity index (χ2n) is 6.42. The van der Waals surface area contributed by atoms with E-state index in [2.05, 4.69) is 46.8 Å². The van der Waals surface area contributed by atoms with Gasteiger partial charge in [0.15, 0.2) is 0 Å². The van der Waals surface area contributed by atoms with Crippen LogP contribution in [-0.4, -0.2) is 25.8 Å². The second kappa shape index (κ2) is 7.50. The molecule has 118 valence electrons. The van der Waals surface area contributed by atoms with Gasteiger partial charge in [0.1, 0.15) is 0 Å². The number of anilines is 2. The lowest BCUT2D eigenvalue weighted by atomic mass is 9.91. The molecule has 4 heteroatoms. The molecule has 3 nitrogen and oxygen atoms in total. The monoisotopic (exact) mass is 354 g/mol. The van der Waals surface area contributed by atoms with Crippen LogP contribution in [0.4, 0.5) is 11.4 Å². The Morgan fingerprint density at radius 2 is 1.95 bits per heavy atom. The number of nitrogens with two attached hydrogens (primary N) is 1. The van der Waals surface area contributed by atoms with Gasteiger partial charge >= 0.3 is 0 Å². The normalized spacial score (nSPS) is 22.5. The largest absolute Gasteiger partial charge is 0.397 e. The molecule has 0 bridgehead atoms. The molecule has 0 aliphatic heterocycles. The number of nitrogen functional groups attached to an aromatic ring is 1. The zero-order valence-electron chi connectivity index (χ0n) is 13.3. The molecule has 0 heterocycles. The van der Waals surface area contributed by atoms with E-state index in [1.165, 1.54) is 18.5 Å². The van der Waals surface area contributed by atoms with Crippen LogP contribution in [0.15, 0.2) is 22.7 Å². The van der Waals surface area contributed by atoms with Gasteiger partial charge < -0.3 is 15.4 Å². The molecule has 1 fully saturated rings. The molecule has 0 amide bonds. The van der Waals surface area contributed by atoms with E-state index in [1.54, 1.807) is 0 Å². The van der Waals surface area contributed by atoms with Crippen LogP contribution in [0.5, 0.6) is 0 Å². The van der Waals surface area contributed by atoms with E-state index in [-0.39, 0.29) is 0 Å². The number of hydrogen-bond donors (Lipinski definition) is 1. The summed E-state index contributed by atoms with van der Waals surface area (Å²) in [5, 5.41) is 0. The highest BCUT2D eigenvalue weighted by Gasteiger charge is 2.27. The first-order valence-corrected chi connectivity index (χ1v) is 8.65. The van der Waals surface area contributed by atoms with Crippen LogP contribution in [0.3, 0.4) is 0 Å². The third-order valence-corrected chi connectivity index (χ3v) is 4.77. The van der Waals surface area contributed by atoms with E-state index >= 15 is 0 Å². The highest BCUT2D eigenvalue weighted by Crippen LogP contribution is 2.33. The SMILES string of the molecule is CO[C@H]1CC[C@H](N(CC(C)C)c2ccc(Br)cc2N)CC1. The van der Waals surface area contributed by atoms with Crippen LogP contribution in [0, 0.1) is 5.92 Å². The molecule has 1 aliphatic carbocycles. The molecule has 1 saturated carbocycles. The summed E-state index contributed by atoms with van der Waals surface area (Å²) in [5.41, 5.74) is 8.30. The van der Waals surface area contributed by atoms with E-state index in [0.29, 0.717) is 18.1 Å². The summed E-state index contributed by atoms with van der Waals surface area (Å²) in [6.45, 7) is 5.58. The third-order valence-electron chi connectivity index (χ3n) is 4.28. The van der Waals surface area contributed by atoms with Crippen LogP contribution in [0.1, 0.15) is 39.5 Å². The lowest BCUT2D eigenvalue weighted by molar-refractivity contribution is 0.0653. The predicted molar refractivity (Wildman–Crippen MR) is 93.8 cm³/mol. The van der Waals surface area contributed by atoms with Crippen molar-refractivity contribution in [3.05, 3.63) is 22.7 Å². The standard InChI is InChI=1S/C17H27BrN2O/c1-12(2)11-20(14-5-7-15(21-3)8-6-14)17-9-4-13(18)10-16(17)19/h4,9-10,12,14-15H,5-8,11,19H2,1-3H3/t14-,15-. The van der Waals surface area contributed by atoms with Crippen LogP contribution < -0.4 is 10.6 Å². The maximum Gasteiger partial charge on any atom is 0.0603 e. The minimum atomic E-state index is 0.435. The van der Waals surface area contributed by atoms with Crippen molar-refractivity contribution in [1.29, 1.82) is 0 Å². The molecule has 0 atom stereocenters. The summed E-state index contributed by atoms with van der Waals surface area (Å²) < 4.78 is 6.53. The van der Waals surface area contributed by atoms with Crippen LogP contribution >= 0.6 is 15.9 Å². The fourth-order valence-electron chi connectivity index (χ4n) is 3.22. The minimum absolute atomic E-state index is 0.435. The van der Waals surface area contributed by atoms with Gasteiger partial charge in [0.25, 0.3) is 0 Å². The number of halogens is 1. The van der Waals surface area contributed by atoms with Gasteiger partial charge in [-0.3, -0.25) is 0 Å². The maximum absolute atomic E-state index is 6.26. The fraction of sp³-hybridized carbons (Fsp3) is 0.647. The summed E-state index contributed by atoms with van der Waals surface area (Å²) in [6, 6.07) is 6.80. The van der Waals surface area contributed by atoms with Gasteiger partial charge in [-0.15, -0.1) is 0 Å². The molecule has 1 aromatic rings. The van der Waals surface area contributed by atoms with Gasteiger partial charge in [-0.2, -0.15) is 0 Å². The first kappa shape index (κ1) is 16.6. The molecular weight excluding hydrogens is 328 g/mol.